The van der Waals surface area contributed by atoms with E-state index in [0.29, 0.717) is 5.13 Å². The van der Waals surface area contributed by atoms with Crippen LogP contribution in [0.25, 0.3) is 5.69 Å². The van der Waals surface area contributed by atoms with Gasteiger partial charge in [-0.3, -0.25) is 10.1 Å². The number of amides is 1. The number of thiazole rings is 1. The molecule has 3 rings (SSSR count). The molecule has 0 unspecified atom stereocenters. The Bertz CT molecular complexity index is 1060. The highest BCUT2D eigenvalue weighted by Crippen LogP contribution is 2.33. The van der Waals surface area contributed by atoms with Gasteiger partial charge in [0.25, 0.3) is 5.91 Å². The van der Waals surface area contributed by atoms with E-state index in [-0.39, 0.29) is 22.0 Å². The molecule has 0 saturated carbocycles. The third-order valence-corrected chi connectivity index (χ3v) is 5.00. The normalized spacial score (nSPS) is 12.1. The zero-order valence-corrected chi connectivity index (χ0v) is 17.8. The Balaban J connectivity index is 1.77. The highest BCUT2D eigenvalue weighted by atomic mass is 35.5. The first-order valence-electron chi connectivity index (χ1n) is 8.76. The third-order valence-electron chi connectivity index (χ3n) is 3.92. The van der Waals surface area contributed by atoms with E-state index in [9.17, 15) is 18.0 Å². The van der Waals surface area contributed by atoms with Crippen molar-refractivity contribution in [1.82, 2.24) is 14.8 Å². The molecule has 1 N–H and O–H groups in total. The number of carbonyl (C=O) groups is 1. The van der Waals surface area contributed by atoms with Gasteiger partial charge in [0.15, 0.2) is 17.4 Å². The van der Waals surface area contributed by atoms with Crippen LogP contribution in [-0.2, 0) is 16.4 Å². The summed E-state index contributed by atoms with van der Waals surface area (Å²) in [6, 6.07) is 6.96. The van der Waals surface area contributed by atoms with E-state index in [1.807, 2.05) is 26.2 Å². The first kappa shape index (κ1) is 22.1. The van der Waals surface area contributed by atoms with Crippen LogP contribution in [0, 0.1) is 0 Å². The van der Waals surface area contributed by atoms with Gasteiger partial charge in [-0.2, -0.15) is 23.0 Å². The van der Waals surface area contributed by atoms with Crippen LogP contribution in [0.2, 0.25) is 5.02 Å². The Kier molecular flexibility index (Phi) is 6.09. The number of carbonyl (C=O) groups excluding carboxylic acids is 1. The van der Waals surface area contributed by atoms with Crippen molar-refractivity contribution in [3.8, 4) is 11.6 Å². The number of alkyl halides is 3. The first-order chi connectivity index (χ1) is 13.9. The van der Waals surface area contributed by atoms with Gasteiger partial charge >= 0.3 is 6.18 Å². The summed E-state index contributed by atoms with van der Waals surface area (Å²) in [6.07, 6.45) is -4.68. The fourth-order valence-electron chi connectivity index (χ4n) is 2.37. The van der Waals surface area contributed by atoms with Gasteiger partial charge in [0, 0.05) is 16.9 Å². The number of benzene rings is 1. The first-order valence-corrected chi connectivity index (χ1v) is 10.0. The van der Waals surface area contributed by atoms with Gasteiger partial charge in [-0.1, -0.05) is 44.5 Å². The molecule has 0 atom stereocenters. The topological polar surface area (TPSA) is 69.0 Å². The van der Waals surface area contributed by atoms with Crippen LogP contribution in [0.4, 0.5) is 18.3 Å². The summed E-state index contributed by atoms with van der Waals surface area (Å²) in [5.41, 5.74) is -0.325. The smallest absolute Gasteiger partial charge is 0.435 e. The van der Waals surface area contributed by atoms with E-state index in [4.69, 9.17) is 16.3 Å². The fraction of sp³-hybridized carbons (Fsp3) is 0.316. The van der Waals surface area contributed by atoms with Crippen molar-refractivity contribution in [3.05, 3.63) is 52.1 Å². The van der Waals surface area contributed by atoms with Crippen molar-refractivity contribution in [2.75, 3.05) is 11.9 Å². The van der Waals surface area contributed by atoms with Gasteiger partial charge in [0.05, 0.1) is 16.4 Å². The fourth-order valence-corrected chi connectivity index (χ4v) is 3.54. The molecule has 0 spiro atoms. The SMILES string of the molecule is CC(C)(C)c1csc(NC(=O)COc2cc(C(F)(F)F)nn2-c2ccccc2Cl)n1. The van der Waals surface area contributed by atoms with Gasteiger partial charge in [0.1, 0.15) is 0 Å². The van der Waals surface area contributed by atoms with E-state index < -0.39 is 24.4 Å². The van der Waals surface area contributed by atoms with Crippen molar-refractivity contribution in [1.29, 1.82) is 0 Å². The van der Waals surface area contributed by atoms with Gasteiger partial charge in [-0.15, -0.1) is 11.3 Å². The van der Waals surface area contributed by atoms with Crippen LogP contribution in [0.1, 0.15) is 32.2 Å². The van der Waals surface area contributed by atoms with Gasteiger partial charge in [-0.05, 0) is 12.1 Å². The number of hydrogen-bond donors (Lipinski definition) is 1. The summed E-state index contributed by atoms with van der Waals surface area (Å²) in [5, 5.41) is 8.52. The summed E-state index contributed by atoms with van der Waals surface area (Å²) in [4.78, 5) is 16.6. The molecule has 0 fully saturated rings. The molecule has 6 nitrogen and oxygen atoms in total. The van der Waals surface area contributed by atoms with Crippen LogP contribution in [0.3, 0.4) is 0 Å². The number of rotatable bonds is 5. The summed E-state index contributed by atoms with van der Waals surface area (Å²) < 4.78 is 45.6. The summed E-state index contributed by atoms with van der Waals surface area (Å²) in [7, 11) is 0. The van der Waals surface area contributed by atoms with Crippen molar-refractivity contribution in [3.63, 3.8) is 0 Å². The second-order valence-electron chi connectivity index (χ2n) is 7.35. The van der Waals surface area contributed by atoms with E-state index in [2.05, 4.69) is 15.4 Å². The highest BCUT2D eigenvalue weighted by Gasteiger charge is 2.36. The number of nitrogens with one attached hydrogen (secondary N) is 1. The zero-order valence-electron chi connectivity index (χ0n) is 16.2. The number of halogens is 4. The highest BCUT2D eigenvalue weighted by molar-refractivity contribution is 7.13. The van der Waals surface area contributed by atoms with Crippen LogP contribution < -0.4 is 10.1 Å². The molecule has 2 aromatic heterocycles. The number of hydrogen-bond acceptors (Lipinski definition) is 5. The molecule has 0 aliphatic carbocycles. The van der Waals surface area contributed by atoms with Crippen LogP contribution in [0.5, 0.6) is 5.88 Å². The number of para-hydroxylation sites is 1. The lowest BCUT2D eigenvalue weighted by Crippen LogP contribution is -2.21. The molecule has 0 radical (unpaired) electrons. The Labute approximate surface area is 179 Å². The summed E-state index contributed by atoms with van der Waals surface area (Å²) in [6.45, 7) is 5.44. The quantitative estimate of drug-likeness (QED) is 0.562. The second kappa shape index (κ2) is 8.27. The largest absolute Gasteiger partial charge is 0.467 e. The molecule has 30 heavy (non-hydrogen) atoms. The Hall–Kier alpha value is -2.59. The molecular weight excluding hydrogens is 441 g/mol. The lowest BCUT2D eigenvalue weighted by molar-refractivity contribution is -0.141. The minimum Gasteiger partial charge on any atom is -0.467 e. The lowest BCUT2D eigenvalue weighted by atomic mass is 9.93. The average molecular weight is 459 g/mol. The van der Waals surface area contributed by atoms with Crippen LogP contribution in [-0.4, -0.2) is 27.3 Å². The zero-order chi connectivity index (χ0) is 22.1. The molecule has 0 saturated heterocycles. The third kappa shape index (κ3) is 5.11. The van der Waals surface area contributed by atoms with Gasteiger partial charge < -0.3 is 4.74 Å². The van der Waals surface area contributed by atoms with Crippen molar-refractivity contribution >= 4 is 34.0 Å². The molecular formula is C19H18ClF3N4O2S. The molecule has 2 heterocycles. The minimum atomic E-state index is -4.68. The Morgan fingerprint density at radius 1 is 1.23 bits per heavy atom. The maximum absolute atomic E-state index is 13.1. The Morgan fingerprint density at radius 2 is 1.93 bits per heavy atom. The molecule has 0 aliphatic heterocycles. The van der Waals surface area contributed by atoms with E-state index in [1.54, 1.807) is 12.1 Å². The second-order valence-corrected chi connectivity index (χ2v) is 8.62. The molecule has 1 aromatic carbocycles. The van der Waals surface area contributed by atoms with E-state index >= 15 is 0 Å². The molecule has 0 bridgehead atoms. The predicted octanol–water partition coefficient (Wildman–Crippen LogP) is 5.32. The summed E-state index contributed by atoms with van der Waals surface area (Å²) >= 11 is 7.33. The maximum atomic E-state index is 13.1. The molecule has 1 amide bonds. The van der Waals surface area contributed by atoms with Gasteiger partial charge in [0.2, 0.25) is 5.88 Å². The van der Waals surface area contributed by atoms with E-state index in [1.165, 1.54) is 23.5 Å². The Morgan fingerprint density at radius 3 is 2.53 bits per heavy atom. The molecule has 11 heteroatoms. The molecule has 160 valence electrons. The number of nitrogens with zero attached hydrogens (tertiary/aromatic N) is 3. The number of aromatic nitrogens is 3. The van der Waals surface area contributed by atoms with Crippen molar-refractivity contribution in [2.45, 2.75) is 32.4 Å². The van der Waals surface area contributed by atoms with Crippen LogP contribution in [0.15, 0.2) is 35.7 Å². The maximum Gasteiger partial charge on any atom is 0.435 e. The number of anilines is 1. The van der Waals surface area contributed by atoms with Gasteiger partial charge in [-0.25, -0.2) is 4.98 Å². The standard InChI is InChI=1S/C19H18ClF3N4O2S/c1-18(2,3)14-10-30-17(24-14)25-15(28)9-29-16-8-13(19(21,22)23)26-27(16)12-7-5-4-6-11(12)20/h4-8,10H,9H2,1-3H3,(H,24,25,28). The van der Waals surface area contributed by atoms with E-state index in [0.717, 1.165) is 16.4 Å². The number of ether oxygens (including phenoxy) is 1. The average Bonchev–Trinajstić information content (AvgIpc) is 3.27. The molecule has 3 aromatic rings. The van der Waals surface area contributed by atoms with Crippen molar-refractivity contribution < 1.29 is 22.7 Å². The minimum absolute atomic E-state index is 0.175. The monoisotopic (exact) mass is 458 g/mol. The predicted molar refractivity (Wildman–Crippen MR) is 109 cm³/mol. The lowest BCUT2D eigenvalue weighted by Gasteiger charge is -2.14. The van der Waals surface area contributed by atoms with Crippen LogP contribution >= 0.6 is 22.9 Å². The van der Waals surface area contributed by atoms with Crippen molar-refractivity contribution in [2.24, 2.45) is 0 Å². The molecule has 0 aliphatic rings. The summed E-state index contributed by atoms with van der Waals surface area (Å²) in [5.74, 6) is -0.828.